The highest BCUT2D eigenvalue weighted by Gasteiger charge is 2.22. The van der Waals surface area contributed by atoms with Crippen LogP contribution in [0.25, 0.3) is 0 Å². The van der Waals surface area contributed by atoms with Crippen molar-refractivity contribution >= 4 is 17.6 Å². The van der Waals surface area contributed by atoms with E-state index in [4.69, 9.17) is 4.42 Å². The number of carbonyl (C=O) groups excluding carboxylic acids is 1. The molecule has 168 valence electrons. The third-order valence-corrected chi connectivity index (χ3v) is 5.38. The van der Waals surface area contributed by atoms with Crippen LogP contribution in [-0.4, -0.2) is 63.1 Å². The molecule has 1 unspecified atom stereocenters. The van der Waals surface area contributed by atoms with Crippen LogP contribution < -0.4 is 15.5 Å². The molecular formula is C23H32FN5O2. The monoisotopic (exact) mass is 429 g/mol. The number of rotatable bonds is 7. The van der Waals surface area contributed by atoms with E-state index in [-0.39, 0.29) is 24.3 Å². The SMILES string of the molecule is Cc1cc(F)ccc1N1CCCC(NC(=NCC(=O)N(C)C)NCCc2ccco2)C1. The molecule has 1 amide bonds. The molecule has 1 saturated heterocycles. The molecule has 2 N–H and O–H groups in total. The van der Waals surface area contributed by atoms with Crippen LogP contribution in [0.2, 0.25) is 0 Å². The Labute approximate surface area is 183 Å². The Morgan fingerprint density at radius 3 is 2.90 bits per heavy atom. The van der Waals surface area contributed by atoms with Crippen molar-refractivity contribution in [3.8, 4) is 0 Å². The van der Waals surface area contributed by atoms with Crippen LogP contribution in [-0.2, 0) is 11.2 Å². The zero-order valence-electron chi connectivity index (χ0n) is 18.5. The van der Waals surface area contributed by atoms with Crippen LogP contribution in [0.3, 0.4) is 0 Å². The van der Waals surface area contributed by atoms with Crippen LogP contribution in [0.5, 0.6) is 0 Å². The smallest absolute Gasteiger partial charge is 0.243 e. The van der Waals surface area contributed by atoms with Crippen molar-refractivity contribution in [2.45, 2.75) is 32.2 Å². The summed E-state index contributed by atoms with van der Waals surface area (Å²) >= 11 is 0. The molecule has 2 aromatic rings. The van der Waals surface area contributed by atoms with Gasteiger partial charge in [-0.3, -0.25) is 4.79 Å². The number of amides is 1. The molecule has 1 aromatic carbocycles. The van der Waals surface area contributed by atoms with Crippen molar-refractivity contribution in [2.75, 3.05) is 45.2 Å². The topological polar surface area (TPSA) is 73.1 Å². The highest BCUT2D eigenvalue weighted by molar-refractivity contribution is 5.85. The Kier molecular flexibility index (Phi) is 7.92. The number of likely N-dealkylation sites (N-methyl/N-ethyl adjacent to an activating group) is 1. The summed E-state index contributed by atoms with van der Waals surface area (Å²) in [7, 11) is 3.44. The van der Waals surface area contributed by atoms with E-state index >= 15 is 0 Å². The first-order chi connectivity index (χ1) is 14.9. The molecule has 1 fully saturated rings. The first-order valence-electron chi connectivity index (χ1n) is 10.7. The molecule has 1 aromatic heterocycles. The summed E-state index contributed by atoms with van der Waals surface area (Å²) in [4.78, 5) is 20.3. The standard InChI is InChI=1S/C23H32FN5O2/c1-17-14-18(24)8-9-21(17)29-12-4-6-19(16-29)27-23(26-15-22(30)28(2)3)25-11-10-20-7-5-13-31-20/h5,7-9,13-14,19H,4,6,10-12,15-16H2,1-3H3,(H2,25,26,27). The Morgan fingerprint density at radius 2 is 2.19 bits per heavy atom. The van der Waals surface area contributed by atoms with Crippen molar-refractivity contribution in [3.63, 3.8) is 0 Å². The van der Waals surface area contributed by atoms with Gasteiger partial charge in [0.1, 0.15) is 18.1 Å². The number of hydrogen-bond acceptors (Lipinski definition) is 4. The maximum absolute atomic E-state index is 13.5. The molecule has 3 rings (SSSR count). The van der Waals surface area contributed by atoms with Crippen LogP contribution >= 0.6 is 0 Å². The minimum Gasteiger partial charge on any atom is -0.469 e. The van der Waals surface area contributed by atoms with Crippen LogP contribution in [0.4, 0.5) is 10.1 Å². The highest BCUT2D eigenvalue weighted by Crippen LogP contribution is 2.24. The predicted molar refractivity (Wildman–Crippen MR) is 121 cm³/mol. The summed E-state index contributed by atoms with van der Waals surface area (Å²) in [5, 5.41) is 6.80. The summed E-state index contributed by atoms with van der Waals surface area (Å²) in [5.74, 6) is 1.24. The maximum Gasteiger partial charge on any atom is 0.243 e. The van der Waals surface area contributed by atoms with Gasteiger partial charge in [0, 0.05) is 51.9 Å². The van der Waals surface area contributed by atoms with Crippen LogP contribution in [0.15, 0.2) is 46.0 Å². The molecule has 0 saturated carbocycles. The molecular weight excluding hydrogens is 397 g/mol. The van der Waals surface area contributed by atoms with E-state index in [0.717, 1.165) is 49.4 Å². The molecule has 2 heterocycles. The second-order valence-corrected chi connectivity index (χ2v) is 8.07. The lowest BCUT2D eigenvalue weighted by Gasteiger charge is -2.36. The van der Waals surface area contributed by atoms with Gasteiger partial charge in [-0.2, -0.15) is 0 Å². The summed E-state index contributed by atoms with van der Waals surface area (Å²) in [5.41, 5.74) is 1.99. The molecule has 8 heteroatoms. The average Bonchev–Trinajstić information content (AvgIpc) is 3.25. The van der Waals surface area contributed by atoms with Crippen molar-refractivity contribution in [2.24, 2.45) is 4.99 Å². The first-order valence-corrected chi connectivity index (χ1v) is 10.7. The van der Waals surface area contributed by atoms with Gasteiger partial charge in [-0.1, -0.05) is 0 Å². The number of nitrogens with one attached hydrogen (secondary N) is 2. The van der Waals surface area contributed by atoms with E-state index in [1.165, 1.54) is 11.0 Å². The molecule has 1 aliphatic rings. The molecule has 1 atom stereocenters. The fourth-order valence-electron chi connectivity index (χ4n) is 3.68. The number of guanidine groups is 1. The van der Waals surface area contributed by atoms with Gasteiger partial charge in [-0.15, -0.1) is 0 Å². The number of piperidine rings is 1. The predicted octanol–water partition coefficient (Wildman–Crippen LogP) is 2.56. The minimum atomic E-state index is -0.214. The van der Waals surface area contributed by atoms with Gasteiger partial charge in [0.05, 0.1) is 6.26 Å². The quantitative estimate of drug-likeness (QED) is 0.523. The lowest BCUT2D eigenvalue weighted by Crippen LogP contribution is -2.52. The number of carbonyl (C=O) groups is 1. The van der Waals surface area contributed by atoms with Gasteiger partial charge < -0.3 is 24.9 Å². The Morgan fingerprint density at radius 1 is 1.35 bits per heavy atom. The number of aliphatic imine (C=N–C) groups is 1. The van der Waals surface area contributed by atoms with E-state index in [0.29, 0.717) is 12.5 Å². The van der Waals surface area contributed by atoms with E-state index in [1.54, 1.807) is 26.4 Å². The Balaban J connectivity index is 1.63. The third-order valence-electron chi connectivity index (χ3n) is 5.38. The van der Waals surface area contributed by atoms with Gasteiger partial charge in [-0.25, -0.2) is 9.38 Å². The number of furan rings is 1. The van der Waals surface area contributed by atoms with Gasteiger partial charge in [0.2, 0.25) is 5.91 Å². The summed E-state index contributed by atoms with van der Waals surface area (Å²) < 4.78 is 18.9. The lowest BCUT2D eigenvalue weighted by atomic mass is 10.0. The van der Waals surface area contributed by atoms with Gasteiger partial charge in [-0.05, 0) is 55.7 Å². The summed E-state index contributed by atoms with van der Waals surface area (Å²) in [6.45, 7) is 4.38. The van der Waals surface area contributed by atoms with E-state index in [1.807, 2.05) is 25.1 Å². The zero-order chi connectivity index (χ0) is 22.2. The normalized spacial score (nSPS) is 16.8. The highest BCUT2D eigenvalue weighted by atomic mass is 19.1. The van der Waals surface area contributed by atoms with Crippen molar-refractivity contribution < 1.29 is 13.6 Å². The van der Waals surface area contributed by atoms with E-state index < -0.39 is 0 Å². The van der Waals surface area contributed by atoms with Crippen molar-refractivity contribution in [1.82, 2.24) is 15.5 Å². The molecule has 0 bridgehead atoms. The maximum atomic E-state index is 13.5. The fraction of sp³-hybridized carbons (Fsp3) is 0.478. The third kappa shape index (κ3) is 6.73. The number of hydrogen-bond donors (Lipinski definition) is 2. The largest absolute Gasteiger partial charge is 0.469 e. The zero-order valence-corrected chi connectivity index (χ0v) is 18.5. The molecule has 7 nitrogen and oxygen atoms in total. The van der Waals surface area contributed by atoms with E-state index in [9.17, 15) is 9.18 Å². The number of halogens is 1. The lowest BCUT2D eigenvalue weighted by molar-refractivity contribution is -0.127. The van der Waals surface area contributed by atoms with Crippen LogP contribution in [0, 0.1) is 12.7 Å². The number of nitrogens with zero attached hydrogens (tertiary/aromatic N) is 3. The number of aryl methyl sites for hydroxylation is 1. The number of anilines is 1. The first kappa shape index (κ1) is 22.7. The van der Waals surface area contributed by atoms with Gasteiger partial charge in [0.15, 0.2) is 5.96 Å². The summed E-state index contributed by atoms with van der Waals surface area (Å²) in [6.07, 6.45) is 4.40. The average molecular weight is 430 g/mol. The second kappa shape index (κ2) is 10.8. The van der Waals surface area contributed by atoms with E-state index in [2.05, 4.69) is 20.5 Å². The Bertz CT molecular complexity index is 882. The minimum absolute atomic E-state index is 0.0562. The van der Waals surface area contributed by atoms with Gasteiger partial charge >= 0.3 is 0 Å². The molecule has 0 radical (unpaired) electrons. The molecule has 31 heavy (non-hydrogen) atoms. The summed E-state index contributed by atoms with van der Waals surface area (Å²) in [6, 6.07) is 8.90. The fourth-order valence-corrected chi connectivity index (χ4v) is 3.68. The van der Waals surface area contributed by atoms with Crippen molar-refractivity contribution in [3.05, 3.63) is 53.7 Å². The van der Waals surface area contributed by atoms with Crippen molar-refractivity contribution in [1.29, 1.82) is 0 Å². The Hall–Kier alpha value is -3.03. The number of benzene rings is 1. The van der Waals surface area contributed by atoms with Crippen LogP contribution in [0.1, 0.15) is 24.2 Å². The second-order valence-electron chi connectivity index (χ2n) is 8.07. The van der Waals surface area contributed by atoms with Gasteiger partial charge in [0.25, 0.3) is 0 Å². The molecule has 1 aliphatic heterocycles. The molecule has 0 aliphatic carbocycles. The molecule has 0 spiro atoms.